The zero-order valence-corrected chi connectivity index (χ0v) is 15.5. The Kier molecular flexibility index (Phi) is 4.83. The molecule has 0 fully saturated rings. The smallest absolute Gasteiger partial charge is 0.534 e. The number of benzene rings is 2. The third kappa shape index (κ3) is 3.48. The number of nitrogens with one attached hydrogen (secondary N) is 1. The van der Waals surface area contributed by atoms with Crippen molar-refractivity contribution in [1.29, 1.82) is 0 Å². The van der Waals surface area contributed by atoms with Crippen molar-refractivity contribution >= 4 is 19.0 Å². The van der Waals surface area contributed by atoms with Gasteiger partial charge in [0.1, 0.15) is 5.75 Å². The highest BCUT2D eigenvalue weighted by molar-refractivity contribution is 6.47. The van der Waals surface area contributed by atoms with Gasteiger partial charge in [-0.05, 0) is 54.8 Å². The number of rotatable bonds is 3. The number of likely N-dealkylation sites (N-methyl/N-ethyl adjacent to an activating group) is 1. The number of fused-ring (bicyclic) bond motifs is 2. The molecular weight excluding hydrogens is 359 g/mol. The van der Waals surface area contributed by atoms with Crippen LogP contribution in [0.3, 0.4) is 0 Å². The SMILES string of the molecule is CN1CCc2cc(C(=O)N[C@H]3Cc4cccc(C(=O)O)c4OB3O)ccc2C1. The van der Waals surface area contributed by atoms with Crippen LogP contribution in [0.15, 0.2) is 36.4 Å². The van der Waals surface area contributed by atoms with Crippen LogP contribution in [0, 0.1) is 0 Å². The van der Waals surface area contributed by atoms with Gasteiger partial charge in [0.15, 0.2) is 0 Å². The summed E-state index contributed by atoms with van der Waals surface area (Å²) < 4.78 is 5.43. The lowest BCUT2D eigenvalue weighted by Gasteiger charge is -2.29. The normalized spacial score (nSPS) is 18.6. The zero-order chi connectivity index (χ0) is 19.8. The molecule has 2 heterocycles. The predicted octanol–water partition coefficient (Wildman–Crippen LogP) is 1.13. The van der Waals surface area contributed by atoms with E-state index in [2.05, 4.69) is 17.3 Å². The fourth-order valence-electron chi connectivity index (χ4n) is 3.80. The number of carbonyl (C=O) groups is 2. The van der Waals surface area contributed by atoms with Crippen molar-refractivity contribution in [2.24, 2.45) is 0 Å². The monoisotopic (exact) mass is 380 g/mol. The first-order valence-corrected chi connectivity index (χ1v) is 9.23. The Morgan fingerprint density at radius 2 is 2.04 bits per heavy atom. The number of para-hydroxylation sites is 1. The van der Waals surface area contributed by atoms with Gasteiger partial charge >= 0.3 is 13.1 Å². The number of hydrogen-bond acceptors (Lipinski definition) is 5. The lowest BCUT2D eigenvalue weighted by Crippen LogP contribution is -2.53. The third-order valence-electron chi connectivity index (χ3n) is 5.34. The molecule has 144 valence electrons. The second-order valence-electron chi connectivity index (χ2n) is 7.36. The Balaban J connectivity index is 1.51. The van der Waals surface area contributed by atoms with Crippen LogP contribution in [-0.2, 0) is 19.4 Å². The molecule has 28 heavy (non-hydrogen) atoms. The van der Waals surface area contributed by atoms with Gasteiger partial charge < -0.3 is 25.0 Å². The van der Waals surface area contributed by atoms with Gasteiger partial charge in [0.2, 0.25) is 0 Å². The largest absolute Gasteiger partial charge is 0.547 e. The van der Waals surface area contributed by atoms with Gasteiger partial charge in [0.05, 0.1) is 11.5 Å². The maximum absolute atomic E-state index is 12.7. The summed E-state index contributed by atoms with van der Waals surface area (Å²) in [5, 5.41) is 22.4. The first-order valence-electron chi connectivity index (χ1n) is 9.23. The molecule has 2 aliphatic rings. The van der Waals surface area contributed by atoms with Gasteiger partial charge in [-0.3, -0.25) is 4.79 Å². The van der Waals surface area contributed by atoms with Gasteiger partial charge in [-0.1, -0.05) is 18.2 Å². The van der Waals surface area contributed by atoms with Crippen molar-refractivity contribution in [2.45, 2.75) is 25.3 Å². The first-order chi connectivity index (χ1) is 13.4. The van der Waals surface area contributed by atoms with E-state index in [0.717, 1.165) is 19.5 Å². The number of amides is 1. The summed E-state index contributed by atoms with van der Waals surface area (Å²) in [5.74, 6) is -1.91. The van der Waals surface area contributed by atoms with E-state index in [-0.39, 0.29) is 17.2 Å². The third-order valence-corrected chi connectivity index (χ3v) is 5.34. The zero-order valence-electron chi connectivity index (χ0n) is 15.5. The molecule has 1 amide bonds. The fraction of sp³-hybridized carbons (Fsp3) is 0.300. The Hall–Kier alpha value is -2.84. The van der Waals surface area contributed by atoms with E-state index in [1.807, 2.05) is 12.1 Å². The molecule has 2 aromatic carbocycles. The summed E-state index contributed by atoms with van der Waals surface area (Å²) in [7, 11) is 0.755. The van der Waals surface area contributed by atoms with Gasteiger partial charge in [-0.25, -0.2) is 4.79 Å². The van der Waals surface area contributed by atoms with Gasteiger partial charge in [-0.15, -0.1) is 0 Å². The molecular formula is C20H21BN2O5. The molecule has 8 heteroatoms. The van der Waals surface area contributed by atoms with Crippen LogP contribution < -0.4 is 9.97 Å². The molecule has 7 nitrogen and oxygen atoms in total. The minimum Gasteiger partial charge on any atom is -0.534 e. The average molecular weight is 380 g/mol. The summed E-state index contributed by atoms with van der Waals surface area (Å²) >= 11 is 0. The van der Waals surface area contributed by atoms with Gasteiger partial charge in [-0.2, -0.15) is 0 Å². The molecule has 0 radical (unpaired) electrons. The number of hydrogen-bond donors (Lipinski definition) is 3. The van der Waals surface area contributed by atoms with Crippen LogP contribution in [0.1, 0.15) is 37.4 Å². The second kappa shape index (κ2) is 7.29. The molecule has 1 atom stereocenters. The average Bonchev–Trinajstić information content (AvgIpc) is 2.67. The Labute approximate surface area is 163 Å². The lowest BCUT2D eigenvalue weighted by atomic mass is 9.72. The highest BCUT2D eigenvalue weighted by atomic mass is 16.5. The molecule has 4 rings (SSSR count). The van der Waals surface area contributed by atoms with Crippen LogP contribution in [0.4, 0.5) is 0 Å². The molecule has 2 aliphatic heterocycles. The van der Waals surface area contributed by atoms with Crippen molar-refractivity contribution in [1.82, 2.24) is 10.2 Å². The molecule has 0 unspecified atom stereocenters. The molecule has 0 aliphatic carbocycles. The highest BCUT2D eigenvalue weighted by Crippen LogP contribution is 2.30. The Morgan fingerprint density at radius 3 is 2.82 bits per heavy atom. The van der Waals surface area contributed by atoms with Crippen molar-refractivity contribution in [3.05, 3.63) is 64.2 Å². The molecule has 3 N–H and O–H groups in total. The van der Waals surface area contributed by atoms with E-state index in [0.29, 0.717) is 17.5 Å². The minimum absolute atomic E-state index is 0.000909. The van der Waals surface area contributed by atoms with Crippen LogP contribution >= 0.6 is 0 Å². The quantitative estimate of drug-likeness (QED) is 0.691. The van der Waals surface area contributed by atoms with E-state index in [1.165, 1.54) is 17.2 Å². The predicted molar refractivity (Wildman–Crippen MR) is 103 cm³/mol. The van der Waals surface area contributed by atoms with E-state index in [1.54, 1.807) is 18.2 Å². The Bertz CT molecular complexity index is 948. The van der Waals surface area contributed by atoms with E-state index < -0.39 is 19.0 Å². The summed E-state index contributed by atoms with van der Waals surface area (Å²) in [6.45, 7) is 1.82. The van der Waals surface area contributed by atoms with Crippen LogP contribution in [0.2, 0.25) is 0 Å². The molecule has 0 saturated carbocycles. The van der Waals surface area contributed by atoms with Gasteiger partial charge in [0, 0.05) is 18.7 Å². The maximum Gasteiger partial charge on any atom is 0.547 e. The maximum atomic E-state index is 12.7. The first kappa shape index (κ1) is 18.5. The number of nitrogens with zero attached hydrogens (tertiary/aromatic N) is 1. The number of carboxylic acids is 1. The standard InChI is InChI=1S/C20H21BN2O5/c1-23-8-7-12-9-14(5-6-15(12)11-23)19(24)22-17-10-13-3-2-4-16(20(25)26)18(13)28-21(17)27/h2-6,9,17,27H,7-8,10-11H2,1H3,(H,22,24)(H,25,26)/t17-/m0/s1. The number of aromatic carboxylic acids is 1. The van der Waals surface area contributed by atoms with E-state index in [4.69, 9.17) is 4.65 Å². The fourth-order valence-corrected chi connectivity index (χ4v) is 3.80. The summed E-state index contributed by atoms with van der Waals surface area (Å²) in [6, 6.07) is 10.5. The molecule has 0 saturated heterocycles. The van der Waals surface area contributed by atoms with Crippen molar-refractivity contribution in [2.75, 3.05) is 13.6 Å². The minimum atomic E-state index is -1.32. The molecule has 0 spiro atoms. The lowest BCUT2D eigenvalue weighted by molar-refractivity contribution is 0.0693. The topological polar surface area (TPSA) is 99.1 Å². The van der Waals surface area contributed by atoms with Gasteiger partial charge in [0.25, 0.3) is 5.91 Å². The second-order valence-corrected chi connectivity index (χ2v) is 7.36. The Morgan fingerprint density at radius 1 is 1.21 bits per heavy atom. The van der Waals surface area contributed by atoms with Crippen molar-refractivity contribution in [3.63, 3.8) is 0 Å². The summed E-state index contributed by atoms with van der Waals surface area (Å²) in [6.07, 6.45) is 1.19. The van der Waals surface area contributed by atoms with Crippen LogP contribution in [-0.4, -0.2) is 53.6 Å². The number of carbonyl (C=O) groups excluding carboxylic acids is 1. The van der Waals surface area contributed by atoms with E-state index in [9.17, 15) is 19.7 Å². The molecule has 0 aromatic heterocycles. The molecule has 0 bridgehead atoms. The van der Waals surface area contributed by atoms with E-state index >= 15 is 0 Å². The highest BCUT2D eigenvalue weighted by Gasteiger charge is 2.37. The summed E-state index contributed by atoms with van der Waals surface area (Å²) in [5.41, 5.74) is 3.58. The van der Waals surface area contributed by atoms with Crippen molar-refractivity contribution < 1.29 is 24.4 Å². The van der Waals surface area contributed by atoms with Crippen molar-refractivity contribution in [3.8, 4) is 5.75 Å². The molecule has 2 aromatic rings. The number of carboxylic acid groups (broad SMARTS) is 1. The summed E-state index contributed by atoms with van der Waals surface area (Å²) in [4.78, 5) is 26.3. The van der Waals surface area contributed by atoms with Crippen LogP contribution in [0.25, 0.3) is 0 Å². The van der Waals surface area contributed by atoms with Crippen LogP contribution in [0.5, 0.6) is 5.75 Å².